The number of benzene rings is 1. The number of rotatable bonds is 5. The van der Waals surface area contributed by atoms with E-state index in [1.54, 1.807) is 12.1 Å². The third-order valence-corrected chi connectivity index (χ3v) is 6.31. The molecule has 0 atom stereocenters. The lowest BCUT2D eigenvalue weighted by Gasteiger charge is -2.22. The van der Waals surface area contributed by atoms with Crippen LogP contribution in [0, 0.1) is 16.7 Å². The van der Waals surface area contributed by atoms with E-state index in [0.29, 0.717) is 34.3 Å². The van der Waals surface area contributed by atoms with Crippen LogP contribution in [0.25, 0.3) is 33.3 Å². The number of fused-ring (bicyclic) bond motifs is 1. The summed E-state index contributed by atoms with van der Waals surface area (Å²) in [5.74, 6) is 0. The summed E-state index contributed by atoms with van der Waals surface area (Å²) in [6.45, 7) is 3.23. The van der Waals surface area contributed by atoms with Crippen molar-refractivity contribution in [3.8, 4) is 28.5 Å². The molecule has 5 rings (SSSR count). The van der Waals surface area contributed by atoms with Gasteiger partial charge in [-0.1, -0.05) is 31.9 Å². The zero-order valence-electron chi connectivity index (χ0n) is 17.8. The minimum atomic E-state index is 0.291. The average Bonchev–Trinajstić information content (AvgIpc) is 3.47. The molecule has 0 unspecified atom stereocenters. The molecule has 0 saturated heterocycles. The second kappa shape index (κ2) is 7.97. The number of pyridine rings is 1. The minimum absolute atomic E-state index is 0.291. The second-order valence-electron chi connectivity index (χ2n) is 8.81. The number of aldehydes is 1. The van der Waals surface area contributed by atoms with Crippen molar-refractivity contribution in [1.29, 1.82) is 5.26 Å². The summed E-state index contributed by atoms with van der Waals surface area (Å²) in [5, 5.41) is 22.9. The predicted molar refractivity (Wildman–Crippen MR) is 121 cm³/mol. The summed E-state index contributed by atoms with van der Waals surface area (Å²) in [4.78, 5) is 15.6. The fourth-order valence-electron chi connectivity index (χ4n) is 4.60. The van der Waals surface area contributed by atoms with Crippen molar-refractivity contribution in [3.63, 3.8) is 0 Å². The van der Waals surface area contributed by atoms with Gasteiger partial charge in [-0.2, -0.15) is 10.4 Å². The van der Waals surface area contributed by atoms with Gasteiger partial charge in [0.1, 0.15) is 17.5 Å². The number of nitriles is 1. The van der Waals surface area contributed by atoms with Gasteiger partial charge in [0.05, 0.1) is 17.4 Å². The van der Waals surface area contributed by atoms with Gasteiger partial charge in [-0.25, -0.2) is 4.98 Å². The summed E-state index contributed by atoms with van der Waals surface area (Å²) >= 11 is 0. The van der Waals surface area contributed by atoms with Crippen LogP contribution in [-0.4, -0.2) is 31.2 Å². The first kappa shape index (κ1) is 20.0. The van der Waals surface area contributed by atoms with Gasteiger partial charge in [0, 0.05) is 34.8 Å². The molecule has 1 aliphatic rings. The molecule has 0 amide bonds. The summed E-state index contributed by atoms with van der Waals surface area (Å²) in [6, 6.07) is 13.2. The van der Waals surface area contributed by atoms with Crippen molar-refractivity contribution in [2.45, 2.75) is 39.2 Å². The predicted octanol–water partition coefficient (Wildman–Crippen LogP) is 4.82. The van der Waals surface area contributed by atoms with Crippen LogP contribution >= 0.6 is 0 Å². The van der Waals surface area contributed by atoms with Crippen LogP contribution in [-0.2, 0) is 6.54 Å². The molecule has 7 heteroatoms. The highest BCUT2D eigenvalue weighted by Crippen LogP contribution is 2.39. The van der Waals surface area contributed by atoms with Gasteiger partial charge < -0.3 is 0 Å². The van der Waals surface area contributed by atoms with Gasteiger partial charge in [-0.05, 0) is 42.5 Å². The van der Waals surface area contributed by atoms with E-state index in [0.717, 1.165) is 28.6 Å². The Hall–Kier alpha value is -3.92. The van der Waals surface area contributed by atoms with Gasteiger partial charge in [-0.15, -0.1) is 10.2 Å². The normalized spacial score (nSPS) is 15.0. The summed E-state index contributed by atoms with van der Waals surface area (Å²) < 4.78 is 2.02. The second-order valence-corrected chi connectivity index (χ2v) is 8.81. The molecule has 1 saturated carbocycles. The van der Waals surface area contributed by atoms with Crippen LogP contribution in [0.1, 0.15) is 48.8 Å². The smallest absolute Gasteiger partial charge is 0.170 e. The van der Waals surface area contributed by atoms with E-state index in [1.165, 1.54) is 25.7 Å². The molecule has 0 bridgehead atoms. The fourth-order valence-corrected chi connectivity index (χ4v) is 4.60. The van der Waals surface area contributed by atoms with E-state index in [2.05, 4.69) is 39.5 Å². The van der Waals surface area contributed by atoms with Crippen LogP contribution in [0.2, 0.25) is 0 Å². The molecule has 4 aromatic rings. The Kier molecular flexibility index (Phi) is 4.98. The fraction of sp³-hybridized carbons (Fsp3) is 0.280. The van der Waals surface area contributed by atoms with Crippen molar-refractivity contribution < 1.29 is 4.79 Å². The molecule has 3 aromatic heterocycles. The number of carbonyl (C=O) groups is 1. The van der Waals surface area contributed by atoms with Crippen molar-refractivity contribution in [1.82, 2.24) is 25.0 Å². The molecular weight excluding hydrogens is 400 g/mol. The van der Waals surface area contributed by atoms with Gasteiger partial charge >= 0.3 is 0 Å². The third kappa shape index (κ3) is 3.76. The number of aromatic nitrogens is 5. The zero-order valence-corrected chi connectivity index (χ0v) is 17.8. The zero-order chi connectivity index (χ0) is 22.1. The van der Waals surface area contributed by atoms with E-state index in [9.17, 15) is 10.1 Å². The third-order valence-electron chi connectivity index (χ3n) is 6.31. The maximum atomic E-state index is 11.0. The molecule has 1 aliphatic carbocycles. The SMILES string of the molecule is CC1(Cn2cc(-c3ccc(C#N)nc3-c3ccc4cc(C=O)nnc4c3)cn2)CCCC1. The monoisotopic (exact) mass is 422 g/mol. The summed E-state index contributed by atoms with van der Waals surface area (Å²) in [6.07, 6.45) is 9.64. The van der Waals surface area contributed by atoms with Gasteiger partial charge in [0.2, 0.25) is 0 Å². The van der Waals surface area contributed by atoms with E-state index in [-0.39, 0.29) is 0 Å². The molecule has 0 N–H and O–H groups in total. The van der Waals surface area contributed by atoms with Crippen molar-refractivity contribution in [3.05, 3.63) is 60.2 Å². The van der Waals surface area contributed by atoms with Gasteiger partial charge in [-0.3, -0.25) is 9.48 Å². The molecule has 1 aromatic carbocycles. The van der Waals surface area contributed by atoms with Crippen LogP contribution < -0.4 is 0 Å². The molecule has 158 valence electrons. The molecule has 0 radical (unpaired) electrons. The lowest BCUT2D eigenvalue weighted by Crippen LogP contribution is -2.19. The van der Waals surface area contributed by atoms with Gasteiger partial charge in [0.25, 0.3) is 0 Å². The highest BCUT2D eigenvalue weighted by atomic mass is 16.1. The van der Waals surface area contributed by atoms with Crippen LogP contribution in [0.4, 0.5) is 0 Å². The Morgan fingerprint density at radius 1 is 1.12 bits per heavy atom. The number of hydrogen-bond acceptors (Lipinski definition) is 6. The van der Waals surface area contributed by atoms with E-state index in [4.69, 9.17) is 0 Å². The molecule has 7 nitrogen and oxygen atoms in total. The lowest BCUT2D eigenvalue weighted by atomic mass is 9.89. The van der Waals surface area contributed by atoms with Crippen molar-refractivity contribution in [2.75, 3.05) is 0 Å². The molecule has 3 heterocycles. The first-order chi connectivity index (χ1) is 15.6. The van der Waals surface area contributed by atoms with Gasteiger partial charge in [0.15, 0.2) is 6.29 Å². The molecule has 1 fully saturated rings. The minimum Gasteiger partial charge on any atom is -0.296 e. The van der Waals surface area contributed by atoms with E-state index in [1.807, 2.05) is 35.1 Å². The molecule has 0 aliphatic heterocycles. The molecular formula is C25H22N6O. The molecule has 32 heavy (non-hydrogen) atoms. The topological polar surface area (TPSA) is 97.3 Å². The maximum absolute atomic E-state index is 11.0. The Morgan fingerprint density at radius 2 is 1.97 bits per heavy atom. The van der Waals surface area contributed by atoms with Crippen LogP contribution in [0.3, 0.4) is 0 Å². The quantitative estimate of drug-likeness (QED) is 0.428. The van der Waals surface area contributed by atoms with Crippen molar-refractivity contribution in [2.24, 2.45) is 5.41 Å². The number of nitrogens with zero attached hydrogens (tertiary/aromatic N) is 6. The number of hydrogen-bond donors (Lipinski definition) is 0. The highest BCUT2D eigenvalue weighted by Gasteiger charge is 2.29. The Labute approximate surface area is 185 Å². The first-order valence-electron chi connectivity index (χ1n) is 10.7. The average molecular weight is 422 g/mol. The molecule has 0 spiro atoms. The van der Waals surface area contributed by atoms with Crippen LogP contribution in [0.15, 0.2) is 48.8 Å². The standard InChI is InChI=1S/C25H22N6O/c1-25(8-2-3-9-25)16-31-14-19(13-27-31)22-7-6-20(12-26)28-24(22)18-5-4-17-10-21(15-32)29-30-23(17)11-18/h4-7,10-11,13-15H,2-3,8-9,16H2,1H3. The Bertz CT molecular complexity index is 1360. The Balaban J connectivity index is 1.56. The summed E-state index contributed by atoms with van der Waals surface area (Å²) in [7, 11) is 0. The Morgan fingerprint density at radius 3 is 2.75 bits per heavy atom. The van der Waals surface area contributed by atoms with E-state index >= 15 is 0 Å². The maximum Gasteiger partial charge on any atom is 0.170 e. The number of carbonyl (C=O) groups excluding carboxylic acids is 1. The van der Waals surface area contributed by atoms with Crippen LogP contribution in [0.5, 0.6) is 0 Å². The largest absolute Gasteiger partial charge is 0.296 e. The summed E-state index contributed by atoms with van der Waals surface area (Å²) in [5.41, 5.74) is 4.98. The highest BCUT2D eigenvalue weighted by molar-refractivity contribution is 5.89. The first-order valence-corrected chi connectivity index (χ1v) is 10.7. The van der Waals surface area contributed by atoms with Crippen molar-refractivity contribution >= 4 is 17.2 Å². The van der Waals surface area contributed by atoms with E-state index < -0.39 is 0 Å². The lowest BCUT2D eigenvalue weighted by molar-refractivity contribution is 0.111.